The zero-order chi connectivity index (χ0) is 14.4. The summed E-state index contributed by atoms with van der Waals surface area (Å²) in [5.74, 6) is -2.22. The van der Waals surface area contributed by atoms with Gasteiger partial charge in [-0.1, -0.05) is 18.2 Å². The van der Waals surface area contributed by atoms with Crippen molar-refractivity contribution in [3.8, 4) is 0 Å². The van der Waals surface area contributed by atoms with E-state index in [0.717, 1.165) is 0 Å². The predicted molar refractivity (Wildman–Crippen MR) is 68.9 cm³/mol. The molecule has 1 aromatic heterocycles. The van der Waals surface area contributed by atoms with Crippen molar-refractivity contribution >= 4 is 17.8 Å². The Morgan fingerprint density at radius 1 is 1.05 bits per heavy atom. The molecule has 0 radical (unpaired) electrons. The number of carbonyl (C=O) groups is 2. The van der Waals surface area contributed by atoms with E-state index < -0.39 is 17.6 Å². The molecule has 0 saturated heterocycles. The SMILES string of the molecule is O=C(NCc1ccccc1F)C(=O)Nc1ncccn1. The van der Waals surface area contributed by atoms with Crippen LogP contribution in [0.15, 0.2) is 42.7 Å². The van der Waals surface area contributed by atoms with E-state index in [0.29, 0.717) is 5.56 Å². The fourth-order valence-corrected chi connectivity index (χ4v) is 1.42. The van der Waals surface area contributed by atoms with Gasteiger partial charge in [-0.05, 0) is 12.1 Å². The number of aromatic nitrogens is 2. The molecule has 20 heavy (non-hydrogen) atoms. The van der Waals surface area contributed by atoms with E-state index in [4.69, 9.17) is 0 Å². The normalized spacial score (nSPS) is 9.85. The summed E-state index contributed by atoms with van der Waals surface area (Å²) in [7, 11) is 0. The van der Waals surface area contributed by atoms with Crippen LogP contribution in [0.25, 0.3) is 0 Å². The molecule has 102 valence electrons. The Morgan fingerprint density at radius 2 is 1.75 bits per heavy atom. The van der Waals surface area contributed by atoms with E-state index in [2.05, 4.69) is 20.6 Å². The van der Waals surface area contributed by atoms with Crippen molar-refractivity contribution in [2.24, 2.45) is 0 Å². The van der Waals surface area contributed by atoms with Crippen molar-refractivity contribution in [2.75, 3.05) is 5.32 Å². The van der Waals surface area contributed by atoms with Crippen molar-refractivity contribution in [1.82, 2.24) is 15.3 Å². The quantitative estimate of drug-likeness (QED) is 0.813. The second kappa shape index (κ2) is 6.37. The molecule has 2 aromatic rings. The average molecular weight is 274 g/mol. The zero-order valence-electron chi connectivity index (χ0n) is 10.3. The van der Waals surface area contributed by atoms with Gasteiger partial charge in [-0.2, -0.15) is 0 Å². The van der Waals surface area contributed by atoms with Gasteiger partial charge in [0, 0.05) is 24.5 Å². The number of nitrogens with zero attached hydrogens (tertiary/aromatic N) is 2. The topological polar surface area (TPSA) is 84.0 Å². The minimum Gasteiger partial charge on any atom is -0.344 e. The van der Waals surface area contributed by atoms with Crippen LogP contribution in [0.3, 0.4) is 0 Å². The number of amides is 2. The van der Waals surface area contributed by atoms with Crippen LogP contribution >= 0.6 is 0 Å². The number of anilines is 1. The molecule has 7 heteroatoms. The minimum absolute atomic E-state index is 0.0264. The first kappa shape index (κ1) is 13.6. The Labute approximate surface area is 114 Å². The van der Waals surface area contributed by atoms with Crippen LogP contribution in [0.4, 0.5) is 10.3 Å². The Balaban J connectivity index is 1.89. The highest BCUT2D eigenvalue weighted by Crippen LogP contribution is 2.05. The smallest absolute Gasteiger partial charge is 0.316 e. The lowest BCUT2D eigenvalue weighted by molar-refractivity contribution is -0.136. The lowest BCUT2D eigenvalue weighted by Gasteiger charge is -2.06. The molecule has 1 heterocycles. The molecular weight excluding hydrogens is 263 g/mol. The lowest BCUT2D eigenvalue weighted by atomic mass is 10.2. The van der Waals surface area contributed by atoms with Crippen molar-refractivity contribution in [3.05, 3.63) is 54.1 Å². The van der Waals surface area contributed by atoms with Crippen LogP contribution in [-0.4, -0.2) is 21.8 Å². The van der Waals surface area contributed by atoms with E-state index in [1.807, 2.05) is 0 Å². The standard InChI is InChI=1S/C13H11FN4O2/c14-10-5-2-1-4-9(10)8-17-11(19)12(20)18-13-15-6-3-7-16-13/h1-7H,8H2,(H,17,19)(H,15,16,18,20). The Morgan fingerprint density at radius 3 is 2.45 bits per heavy atom. The molecule has 2 N–H and O–H groups in total. The Bertz CT molecular complexity index is 619. The maximum atomic E-state index is 13.3. The molecule has 0 bridgehead atoms. The van der Waals surface area contributed by atoms with Gasteiger partial charge in [0.2, 0.25) is 5.95 Å². The molecular formula is C13H11FN4O2. The number of benzene rings is 1. The van der Waals surface area contributed by atoms with Gasteiger partial charge in [0.05, 0.1) is 0 Å². The average Bonchev–Trinajstić information content (AvgIpc) is 2.47. The minimum atomic E-state index is -0.910. The summed E-state index contributed by atoms with van der Waals surface area (Å²) in [5, 5.41) is 4.54. The predicted octanol–water partition coefficient (Wildman–Crippen LogP) is 0.871. The molecule has 2 rings (SSSR count). The van der Waals surface area contributed by atoms with Crippen LogP contribution in [-0.2, 0) is 16.1 Å². The van der Waals surface area contributed by atoms with Gasteiger partial charge in [0.15, 0.2) is 0 Å². The van der Waals surface area contributed by atoms with Gasteiger partial charge in [0.1, 0.15) is 5.82 Å². The van der Waals surface area contributed by atoms with Crippen molar-refractivity contribution in [2.45, 2.75) is 6.54 Å². The molecule has 0 fully saturated rings. The monoisotopic (exact) mass is 274 g/mol. The summed E-state index contributed by atoms with van der Waals surface area (Å²) >= 11 is 0. The van der Waals surface area contributed by atoms with Crippen LogP contribution in [0.1, 0.15) is 5.56 Å². The van der Waals surface area contributed by atoms with E-state index in [9.17, 15) is 14.0 Å². The highest BCUT2D eigenvalue weighted by atomic mass is 19.1. The van der Waals surface area contributed by atoms with Crippen LogP contribution in [0.2, 0.25) is 0 Å². The third kappa shape index (κ3) is 3.58. The summed E-state index contributed by atoms with van der Waals surface area (Å²) in [6, 6.07) is 7.56. The molecule has 2 amide bonds. The number of hydrogen-bond acceptors (Lipinski definition) is 4. The molecule has 6 nitrogen and oxygen atoms in total. The van der Waals surface area contributed by atoms with E-state index in [1.165, 1.54) is 24.5 Å². The fourth-order valence-electron chi connectivity index (χ4n) is 1.42. The van der Waals surface area contributed by atoms with Gasteiger partial charge < -0.3 is 5.32 Å². The number of halogens is 1. The van der Waals surface area contributed by atoms with Gasteiger partial charge in [0.25, 0.3) is 0 Å². The van der Waals surface area contributed by atoms with Crippen molar-refractivity contribution in [1.29, 1.82) is 0 Å². The molecule has 1 aromatic carbocycles. The van der Waals surface area contributed by atoms with Gasteiger partial charge in [-0.25, -0.2) is 14.4 Å². The van der Waals surface area contributed by atoms with Crippen LogP contribution < -0.4 is 10.6 Å². The summed E-state index contributed by atoms with van der Waals surface area (Å²) in [5.41, 5.74) is 0.296. The Kier molecular flexibility index (Phi) is 4.33. The third-order valence-electron chi connectivity index (χ3n) is 2.39. The summed E-state index contributed by atoms with van der Waals surface area (Å²) in [6.45, 7) is -0.0748. The Hall–Kier alpha value is -2.83. The van der Waals surface area contributed by atoms with Crippen LogP contribution in [0, 0.1) is 5.82 Å². The zero-order valence-corrected chi connectivity index (χ0v) is 10.3. The second-order valence-electron chi connectivity index (χ2n) is 3.80. The molecule has 0 aliphatic heterocycles. The van der Waals surface area contributed by atoms with Gasteiger partial charge >= 0.3 is 11.8 Å². The van der Waals surface area contributed by atoms with Crippen molar-refractivity contribution < 1.29 is 14.0 Å². The van der Waals surface area contributed by atoms with Crippen LogP contribution in [0.5, 0.6) is 0 Å². The first-order chi connectivity index (χ1) is 9.66. The highest BCUT2D eigenvalue weighted by Gasteiger charge is 2.14. The summed E-state index contributed by atoms with van der Waals surface area (Å²) < 4.78 is 13.3. The summed E-state index contributed by atoms with van der Waals surface area (Å²) in [4.78, 5) is 30.6. The van der Waals surface area contributed by atoms with Crippen molar-refractivity contribution in [3.63, 3.8) is 0 Å². The highest BCUT2D eigenvalue weighted by molar-refractivity contribution is 6.39. The molecule has 0 aliphatic rings. The lowest BCUT2D eigenvalue weighted by Crippen LogP contribution is -2.35. The molecule has 0 spiro atoms. The van der Waals surface area contributed by atoms with E-state index in [1.54, 1.807) is 18.2 Å². The maximum Gasteiger partial charge on any atom is 0.316 e. The van der Waals surface area contributed by atoms with Gasteiger partial charge in [-0.15, -0.1) is 0 Å². The summed E-state index contributed by atoms with van der Waals surface area (Å²) in [6.07, 6.45) is 2.86. The fraction of sp³-hybridized carbons (Fsp3) is 0.0769. The number of nitrogens with one attached hydrogen (secondary N) is 2. The first-order valence-electron chi connectivity index (χ1n) is 5.76. The number of carbonyl (C=O) groups excluding carboxylic acids is 2. The molecule has 0 unspecified atom stereocenters. The van der Waals surface area contributed by atoms with Gasteiger partial charge in [-0.3, -0.25) is 14.9 Å². The molecule has 0 atom stereocenters. The number of rotatable bonds is 3. The number of hydrogen-bond donors (Lipinski definition) is 2. The molecule has 0 saturated carbocycles. The van der Waals surface area contributed by atoms with E-state index in [-0.39, 0.29) is 12.5 Å². The largest absolute Gasteiger partial charge is 0.344 e. The second-order valence-corrected chi connectivity index (χ2v) is 3.80. The first-order valence-corrected chi connectivity index (χ1v) is 5.76. The maximum absolute atomic E-state index is 13.3. The third-order valence-corrected chi connectivity index (χ3v) is 2.39. The van der Waals surface area contributed by atoms with E-state index >= 15 is 0 Å². The molecule has 0 aliphatic carbocycles.